The van der Waals surface area contributed by atoms with Crippen molar-refractivity contribution in [2.24, 2.45) is 0 Å². The third-order valence-electron chi connectivity index (χ3n) is 5.60. The number of hydrogen-bond acceptors (Lipinski definition) is 6. The van der Waals surface area contributed by atoms with E-state index < -0.39 is 21.3 Å². The van der Waals surface area contributed by atoms with Crippen LogP contribution in [0, 0.1) is 6.92 Å². The van der Waals surface area contributed by atoms with Gasteiger partial charge in [0.25, 0.3) is 10.0 Å². The van der Waals surface area contributed by atoms with Gasteiger partial charge in [0, 0.05) is 18.0 Å². The highest BCUT2D eigenvalue weighted by molar-refractivity contribution is 7.90. The third-order valence-corrected chi connectivity index (χ3v) is 6.99. The van der Waals surface area contributed by atoms with E-state index in [1.807, 2.05) is 32.0 Å². The minimum atomic E-state index is -4.09. The zero-order valence-corrected chi connectivity index (χ0v) is 18.5. The lowest BCUT2D eigenvalue weighted by molar-refractivity contribution is -0.121. The van der Waals surface area contributed by atoms with Gasteiger partial charge in [-0.1, -0.05) is 23.8 Å². The van der Waals surface area contributed by atoms with Crippen LogP contribution in [0.2, 0.25) is 0 Å². The number of sulfonamides is 1. The van der Waals surface area contributed by atoms with Crippen LogP contribution in [0.3, 0.4) is 0 Å². The Bertz CT molecular complexity index is 1270. The molecule has 1 aliphatic rings. The monoisotopic (exact) mass is 439 g/mol. The quantitative estimate of drug-likeness (QED) is 0.585. The van der Waals surface area contributed by atoms with Gasteiger partial charge in [-0.2, -0.15) is 0 Å². The Kier molecular flexibility index (Phi) is 5.35. The second-order valence-corrected chi connectivity index (χ2v) is 9.37. The molecule has 1 saturated carbocycles. The van der Waals surface area contributed by atoms with Gasteiger partial charge >= 0.3 is 0 Å². The summed E-state index contributed by atoms with van der Waals surface area (Å²) in [5.74, 6) is 0.717. The van der Waals surface area contributed by atoms with Gasteiger partial charge in [0.1, 0.15) is 11.6 Å². The Hall–Kier alpha value is -3.13. The molecular weight excluding hydrogens is 414 g/mol. The first-order valence-electron chi connectivity index (χ1n) is 10.2. The molecule has 31 heavy (non-hydrogen) atoms. The normalized spacial score (nSPS) is 14.8. The lowest BCUT2D eigenvalue weighted by Gasteiger charge is -2.20. The smallest absolute Gasteiger partial charge is 0.264 e. The van der Waals surface area contributed by atoms with Gasteiger partial charge in [-0.05, 0) is 57.0 Å². The predicted octanol–water partition coefficient (Wildman–Crippen LogP) is 3.52. The molecule has 0 aliphatic heterocycles. The first-order valence-corrected chi connectivity index (χ1v) is 11.7. The van der Waals surface area contributed by atoms with Crippen molar-refractivity contribution < 1.29 is 17.9 Å². The van der Waals surface area contributed by atoms with Gasteiger partial charge in [-0.15, -0.1) is 0 Å². The van der Waals surface area contributed by atoms with Crippen LogP contribution in [-0.2, 0) is 20.2 Å². The topological polar surface area (TPSA) is 97.4 Å². The molecule has 0 unspecified atom stereocenters. The maximum atomic E-state index is 13.2. The molecular formula is C23H25N3O4S. The number of fused-ring (bicyclic) bond motifs is 1. The van der Waals surface area contributed by atoms with E-state index in [1.54, 1.807) is 31.3 Å². The Morgan fingerprint density at radius 1 is 1.16 bits per heavy atom. The van der Waals surface area contributed by atoms with Crippen LogP contribution in [0.1, 0.15) is 30.9 Å². The summed E-state index contributed by atoms with van der Waals surface area (Å²) in [6.45, 7) is 4.28. The van der Waals surface area contributed by atoms with Gasteiger partial charge in [0.15, 0.2) is 0 Å². The predicted molar refractivity (Wildman–Crippen MR) is 120 cm³/mol. The zero-order chi connectivity index (χ0) is 22.2. The number of aryl methyl sites for hydroxylation is 1. The molecule has 0 saturated heterocycles. The number of amides is 1. The largest absolute Gasteiger partial charge is 0.494 e. The van der Waals surface area contributed by atoms with Crippen molar-refractivity contribution in [2.75, 3.05) is 19.0 Å². The van der Waals surface area contributed by atoms with Crippen molar-refractivity contribution in [3.8, 4) is 5.75 Å². The molecule has 162 valence electrons. The molecule has 4 rings (SSSR count). The molecule has 1 heterocycles. The van der Waals surface area contributed by atoms with E-state index >= 15 is 0 Å². The molecule has 8 heteroatoms. The SMILES string of the molecule is CCOc1ccc(C)cc1C1(C(=O)NS(=O)(=O)c2cccc3nc(NC)ccc23)CC1. The summed E-state index contributed by atoms with van der Waals surface area (Å²) in [7, 11) is -2.35. The molecule has 1 amide bonds. The van der Waals surface area contributed by atoms with Crippen molar-refractivity contribution >= 4 is 32.7 Å². The average molecular weight is 440 g/mol. The Labute approximate surface area is 181 Å². The number of carbonyl (C=O) groups is 1. The van der Waals surface area contributed by atoms with Crippen LogP contribution in [0.25, 0.3) is 10.9 Å². The zero-order valence-electron chi connectivity index (χ0n) is 17.7. The minimum Gasteiger partial charge on any atom is -0.494 e. The summed E-state index contributed by atoms with van der Waals surface area (Å²) in [5, 5.41) is 3.39. The second-order valence-electron chi connectivity index (χ2n) is 7.72. The minimum absolute atomic E-state index is 0.0265. The number of rotatable bonds is 7. The molecule has 2 N–H and O–H groups in total. The van der Waals surface area contributed by atoms with Crippen LogP contribution >= 0.6 is 0 Å². The number of aromatic nitrogens is 1. The fourth-order valence-electron chi connectivity index (χ4n) is 3.82. The van der Waals surface area contributed by atoms with Crippen LogP contribution in [0.5, 0.6) is 5.75 Å². The second kappa shape index (κ2) is 7.85. The van der Waals surface area contributed by atoms with Crippen molar-refractivity contribution in [1.29, 1.82) is 0 Å². The lowest BCUT2D eigenvalue weighted by atomic mass is 9.93. The Balaban J connectivity index is 1.69. The number of ether oxygens (including phenoxy) is 1. The maximum Gasteiger partial charge on any atom is 0.264 e. The van der Waals surface area contributed by atoms with Gasteiger partial charge in [-0.25, -0.2) is 18.1 Å². The summed E-state index contributed by atoms with van der Waals surface area (Å²) in [4.78, 5) is 17.7. The number of nitrogens with one attached hydrogen (secondary N) is 2. The van der Waals surface area contributed by atoms with E-state index in [4.69, 9.17) is 4.74 Å². The van der Waals surface area contributed by atoms with E-state index in [9.17, 15) is 13.2 Å². The number of carbonyl (C=O) groups excluding carboxylic acids is 1. The summed E-state index contributed by atoms with van der Waals surface area (Å²) in [6.07, 6.45) is 1.14. The first-order chi connectivity index (χ1) is 14.8. The number of nitrogens with zero attached hydrogens (tertiary/aromatic N) is 1. The van der Waals surface area contributed by atoms with E-state index in [0.29, 0.717) is 41.9 Å². The summed E-state index contributed by atoms with van der Waals surface area (Å²) in [6, 6.07) is 13.9. The van der Waals surface area contributed by atoms with Crippen molar-refractivity contribution in [2.45, 2.75) is 37.0 Å². The highest BCUT2D eigenvalue weighted by Crippen LogP contribution is 2.52. The average Bonchev–Trinajstić information content (AvgIpc) is 3.56. The molecule has 0 bridgehead atoms. The standard InChI is InChI=1S/C23H25N3O4S/c1-4-30-19-10-8-15(2)14-17(19)23(12-13-23)22(27)26-31(28,29)20-7-5-6-18-16(20)9-11-21(24-3)25-18/h5-11,14H,4,12-13H2,1-3H3,(H,24,25)(H,26,27). The van der Waals surface area contributed by atoms with Gasteiger partial charge in [-0.3, -0.25) is 4.79 Å². The molecule has 0 radical (unpaired) electrons. The van der Waals surface area contributed by atoms with E-state index in [2.05, 4.69) is 15.0 Å². The van der Waals surface area contributed by atoms with E-state index in [-0.39, 0.29) is 4.90 Å². The fourth-order valence-corrected chi connectivity index (χ4v) is 5.09. The van der Waals surface area contributed by atoms with Crippen LogP contribution in [0.4, 0.5) is 5.82 Å². The highest BCUT2D eigenvalue weighted by atomic mass is 32.2. The molecule has 7 nitrogen and oxygen atoms in total. The van der Waals surface area contributed by atoms with Crippen LogP contribution < -0.4 is 14.8 Å². The van der Waals surface area contributed by atoms with Crippen molar-refractivity contribution in [3.05, 3.63) is 59.7 Å². The number of pyridine rings is 1. The first kappa shape index (κ1) is 21.1. The van der Waals surface area contributed by atoms with Crippen LogP contribution in [0.15, 0.2) is 53.4 Å². The summed E-state index contributed by atoms with van der Waals surface area (Å²) < 4.78 is 34.4. The molecule has 1 fully saturated rings. The number of benzene rings is 2. The van der Waals surface area contributed by atoms with Gasteiger partial charge in [0.05, 0.1) is 22.4 Å². The molecule has 2 aromatic carbocycles. The van der Waals surface area contributed by atoms with E-state index in [1.165, 1.54) is 6.07 Å². The Morgan fingerprint density at radius 3 is 2.61 bits per heavy atom. The highest BCUT2D eigenvalue weighted by Gasteiger charge is 2.54. The van der Waals surface area contributed by atoms with Crippen LogP contribution in [-0.4, -0.2) is 33.0 Å². The third kappa shape index (κ3) is 3.83. The van der Waals surface area contributed by atoms with Crippen molar-refractivity contribution in [1.82, 2.24) is 9.71 Å². The Morgan fingerprint density at radius 2 is 1.94 bits per heavy atom. The molecule has 0 spiro atoms. The summed E-state index contributed by atoms with van der Waals surface area (Å²) in [5.41, 5.74) is 1.35. The number of anilines is 1. The molecule has 0 atom stereocenters. The molecule has 1 aromatic heterocycles. The van der Waals surface area contributed by atoms with E-state index in [0.717, 1.165) is 11.1 Å². The molecule has 3 aromatic rings. The molecule has 1 aliphatic carbocycles. The fraction of sp³-hybridized carbons (Fsp3) is 0.304. The summed E-state index contributed by atoms with van der Waals surface area (Å²) >= 11 is 0. The number of hydrogen-bond donors (Lipinski definition) is 2. The van der Waals surface area contributed by atoms with Crippen molar-refractivity contribution in [3.63, 3.8) is 0 Å². The van der Waals surface area contributed by atoms with Gasteiger partial charge in [0.2, 0.25) is 5.91 Å². The van der Waals surface area contributed by atoms with Gasteiger partial charge < -0.3 is 10.1 Å². The maximum absolute atomic E-state index is 13.2. The lowest BCUT2D eigenvalue weighted by Crippen LogP contribution is -2.39.